The smallest absolute Gasteiger partial charge is 0.223 e. The lowest BCUT2D eigenvalue weighted by molar-refractivity contribution is -0.122. The summed E-state index contributed by atoms with van der Waals surface area (Å²) in [6.45, 7) is 0.179. The first-order chi connectivity index (χ1) is 11.0. The van der Waals surface area contributed by atoms with E-state index >= 15 is 0 Å². The first-order valence-corrected chi connectivity index (χ1v) is 7.61. The van der Waals surface area contributed by atoms with Crippen LogP contribution >= 0.6 is 23.2 Å². The summed E-state index contributed by atoms with van der Waals surface area (Å²) in [6, 6.07) is 10.1. The maximum atomic E-state index is 11.8. The highest BCUT2D eigenvalue weighted by Crippen LogP contribution is 2.25. The number of nitrogens with zero attached hydrogens (tertiary/aromatic N) is 1. The molecule has 0 saturated carbocycles. The van der Waals surface area contributed by atoms with Gasteiger partial charge in [-0.05, 0) is 41.8 Å². The fraction of sp³-hybridized carbons (Fsp3) is 0.176. The molecule has 1 unspecified atom stereocenters. The van der Waals surface area contributed by atoms with Crippen molar-refractivity contribution in [3.8, 4) is 11.8 Å². The second-order valence-corrected chi connectivity index (χ2v) is 5.59. The highest BCUT2D eigenvalue weighted by atomic mass is 35.5. The molecule has 0 radical (unpaired) electrons. The second kappa shape index (κ2) is 8.54. The van der Waals surface area contributed by atoms with Crippen molar-refractivity contribution in [3.63, 3.8) is 0 Å². The molecular formula is C17H14Cl2N2O2. The summed E-state index contributed by atoms with van der Waals surface area (Å²) >= 11 is 11.7. The molecule has 4 nitrogen and oxygen atoms in total. The molecule has 1 heterocycles. The van der Waals surface area contributed by atoms with E-state index in [0.29, 0.717) is 21.3 Å². The topological polar surface area (TPSA) is 62.2 Å². The van der Waals surface area contributed by atoms with E-state index in [-0.39, 0.29) is 18.9 Å². The third-order valence-electron chi connectivity index (χ3n) is 2.90. The van der Waals surface area contributed by atoms with E-state index in [9.17, 15) is 9.90 Å². The van der Waals surface area contributed by atoms with Crippen LogP contribution in [-0.4, -0.2) is 22.5 Å². The van der Waals surface area contributed by atoms with Crippen LogP contribution < -0.4 is 5.32 Å². The number of benzene rings is 1. The molecule has 23 heavy (non-hydrogen) atoms. The fourth-order valence-electron chi connectivity index (χ4n) is 1.85. The van der Waals surface area contributed by atoms with Crippen LogP contribution in [-0.2, 0) is 4.79 Å². The maximum absolute atomic E-state index is 11.8. The van der Waals surface area contributed by atoms with Gasteiger partial charge in [-0.15, -0.1) is 0 Å². The van der Waals surface area contributed by atoms with Crippen LogP contribution in [0.2, 0.25) is 10.0 Å². The summed E-state index contributed by atoms with van der Waals surface area (Å²) in [5, 5.41) is 13.5. The van der Waals surface area contributed by atoms with Crippen LogP contribution in [0.5, 0.6) is 0 Å². The molecule has 1 aromatic carbocycles. The molecule has 1 aromatic heterocycles. The zero-order valence-corrected chi connectivity index (χ0v) is 13.6. The number of aliphatic hydroxyl groups excluding tert-OH is 1. The number of pyridine rings is 1. The van der Waals surface area contributed by atoms with Gasteiger partial charge in [0.1, 0.15) is 5.69 Å². The molecule has 1 amide bonds. The Labute approximate surface area is 144 Å². The highest BCUT2D eigenvalue weighted by molar-refractivity contribution is 6.34. The summed E-state index contributed by atoms with van der Waals surface area (Å²) in [5.41, 5.74) is 1.13. The molecule has 0 aliphatic heterocycles. The van der Waals surface area contributed by atoms with Crippen LogP contribution in [0.15, 0.2) is 42.6 Å². The van der Waals surface area contributed by atoms with Gasteiger partial charge in [-0.2, -0.15) is 0 Å². The Morgan fingerprint density at radius 2 is 2.00 bits per heavy atom. The number of hydrogen-bond donors (Lipinski definition) is 2. The zero-order chi connectivity index (χ0) is 16.7. The molecule has 1 atom stereocenters. The minimum Gasteiger partial charge on any atom is -0.388 e. The Bertz CT molecular complexity index is 719. The van der Waals surface area contributed by atoms with Crippen molar-refractivity contribution in [2.75, 3.05) is 6.54 Å². The van der Waals surface area contributed by atoms with Gasteiger partial charge >= 0.3 is 0 Å². The Kier molecular flexibility index (Phi) is 6.42. The number of rotatable bonds is 4. The highest BCUT2D eigenvalue weighted by Gasteiger charge is 2.13. The van der Waals surface area contributed by atoms with Crippen molar-refractivity contribution in [2.45, 2.75) is 12.5 Å². The van der Waals surface area contributed by atoms with Gasteiger partial charge in [0.25, 0.3) is 0 Å². The van der Waals surface area contributed by atoms with E-state index in [1.54, 1.807) is 36.5 Å². The molecule has 2 aromatic rings. The van der Waals surface area contributed by atoms with Crippen molar-refractivity contribution in [3.05, 3.63) is 63.9 Å². The fourth-order valence-corrected chi connectivity index (χ4v) is 2.39. The van der Waals surface area contributed by atoms with Crippen LogP contribution in [0.1, 0.15) is 23.8 Å². The number of carbonyl (C=O) groups excluding carboxylic acids is 1. The summed E-state index contributed by atoms with van der Waals surface area (Å²) in [4.78, 5) is 15.8. The summed E-state index contributed by atoms with van der Waals surface area (Å²) < 4.78 is 0. The van der Waals surface area contributed by atoms with Crippen molar-refractivity contribution in [1.29, 1.82) is 0 Å². The lowest BCUT2D eigenvalue weighted by Crippen LogP contribution is -2.25. The van der Waals surface area contributed by atoms with Gasteiger partial charge in [-0.25, -0.2) is 4.98 Å². The number of amides is 1. The van der Waals surface area contributed by atoms with Crippen molar-refractivity contribution in [1.82, 2.24) is 10.3 Å². The average Bonchev–Trinajstić information content (AvgIpc) is 2.51. The molecule has 2 rings (SSSR count). The summed E-state index contributed by atoms with van der Waals surface area (Å²) in [6.07, 6.45) is 0.576. The largest absolute Gasteiger partial charge is 0.388 e. The molecular weight excluding hydrogens is 335 g/mol. The van der Waals surface area contributed by atoms with Crippen molar-refractivity contribution in [2.24, 2.45) is 0 Å². The number of carbonyl (C=O) groups is 1. The molecule has 0 spiro atoms. The molecule has 118 valence electrons. The quantitative estimate of drug-likeness (QED) is 0.835. The average molecular weight is 349 g/mol. The number of hydrogen-bond acceptors (Lipinski definition) is 3. The van der Waals surface area contributed by atoms with Crippen LogP contribution in [0.4, 0.5) is 0 Å². The third-order valence-corrected chi connectivity index (χ3v) is 3.34. The second-order valence-electron chi connectivity index (χ2n) is 4.72. The van der Waals surface area contributed by atoms with Crippen LogP contribution in [0.3, 0.4) is 0 Å². The molecule has 2 N–H and O–H groups in total. The van der Waals surface area contributed by atoms with Gasteiger partial charge < -0.3 is 10.4 Å². The molecule has 0 aliphatic carbocycles. The van der Waals surface area contributed by atoms with E-state index in [2.05, 4.69) is 22.1 Å². The maximum Gasteiger partial charge on any atom is 0.223 e. The normalized spacial score (nSPS) is 11.3. The Morgan fingerprint density at radius 3 is 2.65 bits per heavy atom. The number of nitrogens with one attached hydrogen (secondary N) is 1. The van der Waals surface area contributed by atoms with Gasteiger partial charge in [-0.1, -0.05) is 35.2 Å². The first-order valence-electron chi connectivity index (χ1n) is 6.85. The standard InChI is InChI=1S/C17H14Cl2N2O2/c18-13-8-12(9-14(19)10-13)16(22)11-17(23)21-7-3-5-15-4-1-2-6-20-15/h1-2,4,6,8-10,16,22H,7,11H2,(H,21,23). The number of halogens is 2. The minimum atomic E-state index is -0.977. The summed E-state index contributed by atoms with van der Waals surface area (Å²) in [7, 11) is 0. The van der Waals surface area contributed by atoms with Gasteiger partial charge in [0.15, 0.2) is 0 Å². The third kappa shape index (κ3) is 5.91. The monoisotopic (exact) mass is 348 g/mol. The summed E-state index contributed by atoms with van der Waals surface area (Å²) in [5.74, 6) is 5.31. The molecule has 0 saturated heterocycles. The first kappa shape index (κ1) is 17.3. The predicted octanol–water partition coefficient (Wildman–Crippen LogP) is 2.98. The van der Waals surface area contributed by atoms with Crippen LogP contribution in [0.25, 0.3) is 0 Å². The van der Waals surface area contributed by atoms with Gasteiger partial charge in [0, 0.05) is 16.2 Å². The van der Waals surface area contributed by atoms with E-state index in [1.165, 1.54) is 0 Å². The minimum absolute atomic E-state index is 0.0953. The van der Waals surface area contributed by atoms with Gasteiger partial charge in [0.05, 0.1) is 19.1 Å². The van der Waals surface area contributed by atoms with E-state index in [0.717, 1.165) is 0 Å². The molecule has 0 aliphatic rings. The van der Waals surface area contributed by atoms with Gasteiger partial charge in [-0.3, -0.25) is 4.79 Å². The number of aliphatic hydroxyl groups is 1. The molecule has 6 heteroatoms. The van der Waals surface area contributed by atoms with E-state index < -0.39 is 6.10 Å². The van der Waals surface area contributed by atoms with Crippen LogP contribution in [0, 0.1) is 11.8 Å². The zero-order valence-electron chi connectivity index (χ0n) is 12.1. The lowest BCUT2D eigenvalue weighted by atomic mass is 10.1. The molecule has 0 fully saturated rings. The van der Waals surface area contributed by atoms with Crippen molar-refractivity contribution >= 4 is 29.1 Å². The van der Waals surface area contributed by atoms with E-state index in [1.807, 2.05) is 6.07 Å². The SMILES string of the molecule is O=C(CC(O)c1cc(Cl)cc(Cl)c1)NCC#Cc1ccccn1. The Balaban J connectivity index is 1.84. The van der Waals surface area contributed by atoms with E-state index in [4.69, 9.17) is 23.2 Å². The Hall–Kier alpha value is -2.06. The lowest BCUT2D eigenvalue weighted by Gasteiger charge is -2.11. The number of aromatic nitrogens is 1. The van der Waals surface area contributed by atoms with Gasteiger partial charge in [0.2, 0.25) is 5.91 Å². The van der Waals surface area contributed by atoms with Crippen molar-refractivity contribution < 1.29 is 9.90 Å². The Morgan fingerprint density at radius 1 is 1.26 bits per heavy atom. The molecule has 0 bridgehead atoms. The predicted molar refractivity (Wildman–Crippen MR) is 90.2 cm³/mol.